The predicted molar refractivity (Wildman–Crippen MR) is 79.3 cm³/mol. The molecule has 96 valence electrons. The fourth-order valence-corrected chi connectivity index (χ4v) is 2.37. The molecule has 0 N–H and O–H groups in total. The molecule has 0 fully saturated rings. The van der Waals surface area contributed by atoms with Crippen LogP contribution in [0.15, 0.2) is 42.7 Å². The topological polar surface area (TPSA) is 17.8 Å². The molecule has 3 heteroatoms. The molecule has 0 saturated heterocycles. The van der Waals surface area contributed by atoms with Crippen LogP contribution in [0.2, 0.25) is 0 Å². The molecule has 0 aliphatic carbocycles. The van der Waals surface area contributed by atoms with Crippen LogP contribution in [0.5, 0.6) is 0 Å². The Balaban J connectivity index is 2.06. The molecule has 2 aromatic rings. The van der Waals surface area contributed by atoms with Crippen molar-refractivity contribution in [2.45, 2.75) is 31.5 Å². The lowest BCUT2D eigenvalue weighted by molar-refractivity contribution is 0.554. The average Bonchev–Trinajstić information content (AvgIpc) is 2.86. The molecule has 0 spiro atoms. The first-order chi connectivity index (χ1) is 8.66. The summed E-state index contributed by atoms with van der Waals surface area (Å²) in [5.41, 5.74) is 2.35. The standard InChI is InChI=1S/C15H19BrN2/c1-12(2)8-9-15(16)13-10-17-18(11-13)14-6-4-3-5-7-14/h3-7,10-12,15H,8-9H2,1-2H3. The molecule has 1 atom stereocenters. The average molecular weight is 307 g/mol. The highest BCUT2D eigenvalue weighted by molar-refractivity contribution is 9.09. The molecule has 1 heterocycles. The molecule has 0 aliphatic rings. The summed E-state index contributed by atoms with van der Waals surface area (Å²) in [6.07, 6.45) is 6.44. The largest absolute Gasteiger partial charge is 0.241 e. The molecule has 0 saturated carbocycles. The van der Waals surface area contributed by atoms with E-state index in [4.69, 9.17) is 0 Å². The van der Waals surface area contributed by atoms with Crippen molar-refractivity contribution < 1.29 is 0 Å². The molecule has 0 amide bonds. The van der Waals surface area contributed by atoms with Crippen molar-refractivity contribution in [1.82, 2.24) is 9.78 Å². The van der Waals surface area contributed by atoms with Gasteiger partial charge in [0, 0.05) is 16.6 Å². The zero-order valence-corrected chi connectivity index (χ0v) is 12.5. The van der Waals surface area contributed by atoms with E-state index in [1.165, 1.54) is 12.0 Å². The second-order valence-electron chi connectivity index (χ2n) is 4.99. The summed E-state index contributed by atoms with van der Waals surface area (Å²) >= 11 is 3.75. The van der Waals surface area contributed by atoms with Gasteiger partial charge < -0.3 is 0 Å². The summed E-state index contributed by atoms with van der Waals surface area (Å²) in [5, 5.41) is 4.42. The second-order valence-corrected chi connectivity index (χ2v) is 6.10. The van der Waals surface area contributed by atoms with Gasteiger partial charge in [-0.2, -0.15) is 5.10 Å². The van der Waals surface area contributed by atoms with Crippen molar-refractivity contribution in [1.29, 1.82) is 0 Å². The molecule has 1 aromatic carbocycles. The van der Waals surface area contributed by atoms with Crippen LogP contribution in [0.4, 0.5) is 0 Å². The SMILES string of the molecule is CC(C)CCC(Br)c1cnn(-c2ccccc2)c1. The zero-order valence-electron chi connectivity index (χ0n) is 10.9. The predicted octanol–water partition coefficient (Wildman–Crippen LogP) is 4.74. The maximum atomic E-state index is 4.42. The number of nitrogens with zero attached hydrogens (tertiary/aromatic N) is 2. The van der Waals surface area contributed by atoms with E-state index in [2.05, 4.69) is 53.2 Å². The van der Waals surface area contributed by atoms with Gasteiger partial charge >= 0.3 is 0 Å². The van der Waals surface area contributed by atoms with E-state index in [9.17, 15) is 0 Å². The monoisotopic (exact) mass is 306 g/mol. The number of rotatable bonds is 5. The first-order valence-corrected chi connectivity index (χ1v) is 7.32. The maximum absolute atomic E-state index is 4.42. The molecule has 18 heavy (non-hydrogen) atoms. The van der Waals surface area contributed by atoms with Crippen LogP contribution in [0.3, 0.4) is 0 Å². The van der Waals surface area contributed by atoms with Crippen molar-refractivity contribution in [2.24, 2.45) is 5.92 Å². The van der Waals surface area contributed by atoms with Gasteiger partial charge in [-0.3, -0.25) is 0 Å². The Bertz CT molecular complexity index is 476. The minimum absolute atomic E-state index is 0.400. The molecule has 1 aromatic heterocycles. The van der Waals surface area contributed by atoms with E-state index >= 15 is 0 Å². The number of halogens is 1. The molecule has 0 radical (unpaired) electrons. The molecule has 0 bridgehead atoms. The van der Waals surface area contributed by atoms with Gasteiger partial charge in [0.1, 0.15) is 0 Å². The fraction of sp³-hybridized carbons (Fsp3) is 0.400. The van der Waals surface area contributed by atoms with Gasteiger partial charge in [-0.05, 0) is 30.9 Å². The number of benzene rings is 1. The molecular weight excluding hydrogens is 288 g/mol. The number of para-hydroxylation sites is 1. The van der Waals surface area contributed by atoms with Gasteiger partial charge in [-0.15, -0.1) is 0 Å². The number of hydrogen-bond acceptors (Lipinski definition) is 1. The molecule has 2 rings (SSSR count). The van der Waals surface area contributed by atoms with Crippen LogP contribution >= 0.6 is 15.9 Å². The quantitative estimate of drug-likeness (QED) is 0.729. The lowest BCUT2D eigenvalue weighted by atomic mass is 10.0. The summed E-state index contributed by atoms with van der Waals surface area (Å²) in [5.74, 6) is 0.745. The van der Waals surface area contributed by atoms with Crippen molar-refractivity contribution in [3.05, 3.63) is 48.3 Å². The molecule has 0 aliphatic heterocycles. The van der Waals surface area contributed by atoms with Crippen LogP contribution in [0, 0.1) is 5.92 Å². The van der Waals surface area contributed by atoms with Crippen molar-refractivity contribution in [3.63, 3.8) is 0 Å². The van der Waals surface area contributed by atoms with Crippen molar-refractivity contribution in [3.8, 4) is 5.69 Å². The van der Waals surface area contributed by atoms with Crippen LogP contribution < -0.4 is 0 Å². The lowest BCUT2D eigenvalue weighted by Gasteiger charge is -2.09. The summed E-state index contributed by atoms with van der Waals surface area (Å²) in [6, 6.07) is 10.2. The van der Waals surface area contributed by atoms with E-state index in [0.717, 1.165) is 18.0 Å². The Kier molecular flexibility index (Phi) is 4.59. The summed E-state index contributed by atoms with van der Waals surface area (Å²) in [4.78, 5) is 0.400. The second kappa shape index (κ2) is 6.19. The van der Waals surface area contributed by atoms with Crippen LogP contribution in [-0.2, 0) is 0 Å². The van der Waals surface area contributed by atoms with E-state index < -0.39 is 0 Å². The number of aromatic nitrogens is 2. The first-order valence-electron chi connectivity index (χ1n) is 6.41. The maximum Gasteiger partial charge on any atom is 0.0645 e. The minimum Gasteiger partial charge on any atom is -0.241 e. The third-order valence-corrected chi connectivity index (χ3v) is 3.97. The number of alkyl halides is 1. The third kappa shape index (κ3) is 3.45. The minimum atomic E-state index is 0.400. The van der Waals surface area contributed by atoms with Gasteiger partial charge in [0.15, 0.2) is 0 Å². The Morgan fingerprint density at radius 3 is 2.56 bits per heavy atom. The number of hydrogen-bond donors (Lipinski definition) is 0. The Morgan fingerprint density at radius 1 is 1.17 bits per heavy atom. The van der Waals surface area contributed by atoms with Gasteiger partial charge in [-0.1, -0.05) is 48.0 Å². The van der Waals surface area contributed by atoms with E-state index in [0.29, 0.717) is 4.83 Å². The normalized spacial score (nSPS) is 12.9. The summed E-state index contributed by atoms with van der Waals surface area (Å²) in [6.45, 7) is 4.51. The zero-order chi connectivity index (χ0) is 13.0. The van der Waals surface area contributed by atoms with E-state index in [1.807, 2.05) is 29.1 Å². The van der Waals surface area contributed by atoms with Gasteiger partial charge in [0.25, 0.3) is 0 Å². The Labute approximate surface area is 117 Å². The highest BCUT2D eigenvalue weighted by atomic mass is 79.9. The van der Waals surface area contributed by atoms with Gasteiger partial charge in [0.2, 0.25) is 0 Å². The summed E-state index contributed by atoms with van der Waals surface area (Å²) in [7, 11) is 0. The van der Waals surface area contributed by atoms with Crippen LogP contribution in [0.1, 0.15) is 37.1 Å². The van der Waals surface area contributed by atoms with Crippen LogP contribution in [-0.4, -0.2) is 9.78 Å². The molecule has 2 nitrogen and oxygen atoms in total. The highest BCUT2D eigenvalue weighted by Gasteiger charge is 2.11. The molecule has 1 unspecified atom stereocenters. The van der Waals surface area contributed by atoms with Gasteiger partial charge in [0.05, 0.1) is 11.9 Å². The lowest BCUT2D eigenvalue weighted by Crippen LogP contribution is -1.94. The summed E-state index contributed by atoms with van der Waals surface area (Å²) < 4.78 is 1.93. The third-order valence-electron chi connectivity index (χ3n) is 2.98. The first kappa shape index (κ1) is 13.3. The molecular formula is C15H19BrN2. The Morgan fingerprint density at radius 2 is 1.89 bits per heavy atom. The van der Waals surface area contributed by atoms with E-state index in [-0.39, 0.29) is 0 Å². The van der Waals surface area contributed by atoms with Gasteiger partial charge in [-0.25, -0.2) is 4.68 Å². The van der Waals surface area contributed by atoms with Crippen molar-refractivity contribution >= 4 is 15.9 Å². The Hall–Kier alpha value is -1.09. The van der Waals surface area contributed by atoms with E-state index in [1.54, 1.807) is 0 Å². The fourth-order valence-electron chi connectivity index (χ4n) is 1.87. The van der Waals surface area contributed by atoms with Crippen LogP contribution in [0.25, 0.3) is 5.69 Å². The smallest absolute Gasteiger partial charge is 0.0645 e. The van der Waals surface area contributed by atoms with Crippen molar-refractivity contribution in [2.75, 3.05) is 0 Å². The highest BCUT2D eigenvalue weighted by Crippen LogP contribution is 2.29.